The summed E-state index contributed by atoms with van der Waals surface area (Å²) in [5.41, 5.74) is 0.413. The molecule has 0 aliphatic heterocycles. The highest BCUT2D eigenvalue weighted by Gasteiger charge is 2.36. The molecule has 8 heteroatoms. The summed E-state index contributed by atoms with van der Waals surface area (Å²) in [6, 6.07) is 16.0. The maximum Gasteiger partial charge on any atom is 0.423 e. The van der Waals surface area contributed by atoms with Gasteiger partial charge in [0, 0.05) is 18.9 Å². The number of benzene rings is 2. The van der Waals surface area contributed by atoms with Crippen LogP contribution in [0.5, 0.6) is 11.6 Å². The number of aromatic nitrogens is 2. The molecule has 30 heavy (non-hydrogen) atoms. The van der Waals surface area contributed by atoms with Crippen LogP contribution in [0, 0.1) is 0 Å². The quantitative estimate of drug-likeness (QED) is 0.499. The fourth-order valence-electron chi connectivity index (χ4n) is 2.69. The number of halogens is 3. The lowest BCUT2D eigenvalue weighted by molar-refractivity contribution is -0.139. The molecule has 0 saturated carbocycles. The molecular formula is C22H22F3N3O2. The zero-order chi connectivity index (χ0) is 21.7. The van der Waals surface area contributed by atoms with E-state index in [9.17, 15) is 13.2 Å². The Hall–Kier alpha value is -3.29. The Bertz CT molecular complexity index is 962. The van der Waals surface area contributed by atoms with Crippen LogP contribution in [-0.4, -0.2) is 23.1 Å². The predicted molar refractivity (Wildman–Crippen MR) is 108 cm³/mol. The van der Waals surface area contributed by atoms with Crippen LogP contribution in [0.15, 0.2) is 60.8 Å². The van der Waals surface area contributed by atoms with Crippen molar-refractivity contribution in [1.29, 1.82) is 0 Å². The van der Waals surface area contributed by atoms with Gasteiger partial charge in [-0.15, -0.1) is 0 Å². The van der Waals surface area contributed by atoms with Gasteiger partial charge in [0.15, 0.2) is 0 Å². The number of nitrogens with zero attached hydrogens (tertiary/aromatic N) is 3. The Labute approximate surface area is 173 Å². The van der Waals surface area contributed by atoms with Crippen LogP contribution in [0.25, 0.3) is 0 Å². The Morgan fingerprint density at radius 1 is 1.00 bits per heavy atom. The molecule has 3 rings (SSSR count). The highest BCUT2D eigenvalue weighted by Crippen LogP contribution is 2.36. The van der Waals surface area contributed by atoms with Gasteiger partial charge in [0.05, 0.1) is 6.10 Å². The van der Waals surface area contributed by atoms with E-state index in [4.69, 9.17) is 9.47 Å². The molecular weight excluding hydrogens is 395 g/mol. The van der Waals surface area contributed by atoms with Crippen molar-refractivity contribution in [1.82, 2.24) is 9.97 Å². The van der Waals surface area contributed by atoms with Crippen LogP contribution in [0.1, 0.15) is 25.0 Å². The molecule has 0 radical (unpaired) electrons. The zero-order valence-electron chi connectivity index (χ0n) is 16.8. The van der Waals surface area contributed by atoms with Crippen molar-refractivity contribution >= 4 is 11.6 Å². The van der Waals surface area contributed by atoms with Crippen molar-refractivity contribution in [3.05, 3.63) is 71.9 Å². The van der Waals surface area contributed by atoms with Gasteiger partial charge in [-0.3, -0.25) is 0 Å². The molecule has 1 aromatic heterocycles. The summed E-state index contributed by atoms with van der Waals surface area (Å²) in [4.78, 5) is 9.51. The number of ether oxygens (including phenoxy) is 2. The Kier molecular flexibility index (Phi) is 6.44. The van der Waals surface area contributed by atoms with Gasteiger partial charge in [0.2, 0.25) is 11.8 Å². The molecule has 0 N–H and O–H groups in total. The zero-order valence-corrected chi connectivity index (χ0v) is 16.8. The summed E-state index contributed by atoms with van der Waals surface area (Å²) in [5.74, 6) is 0.272. The monoisotopic (exact) mass is 417 g/mol. The first-order valence-corrected chi connectivity index (χ1v) is 9.35. The van der Waals surface area contributed by atoms with E-state index in [1.54, 1.807) is 60.5 Å². The summed E-state index contributed by atoms with van der Waals surface area (Å²) in [7, 11) is 1.67. The lowest BCUT2D eigenvalue weighted by atomic mass is 10.2. The number of anilines is 2. The minimum atomic E-state index is -4.63. The van der Waals surface area contributed by atoms with E-state index in [1.807, 2.05) is 19.9 Å². The molecule has 5 nitrogen and oxygen atoms in total. The van der Waals surface area contributed by atoms with E-state index in [0.29, 0.717) is 11.4 Å². The molecule has 158 valence electrons. The molecule has 0 saturated heterocycles. The molecule has 0 spiro atoms. The van der Waals surface area contributed by atoms with Crippen molar-refractivity contribution in [2.45, 2.75) is 32.7 Å². The van der Waals surface area contributed by atoms with Gasteiger partial charge >= 0.3 is 6.18 Å². The first-order chi connectivity index (χ1) is 14.2. The van der Waals surface area contributed by atoms with Crippen LogP contribution in [0.3, 0.4) is 0 Å². The van der Waals surface area contributed by atoms with Gasteiger partial charge in [0.1, 0.15) is 17.9 Å². The van der Waals surface area contributed by atoms with Crippen LogP contribution in [0.2, 0.25) is 0 Å². The Balaban J connectivity index is 1.85. The van der Waals surface area contributed by atoms with Gasteiger partial charge in [-0.05, 0) is 43.7 Å². The topological polar surface area (TPSA) is 47.5 Å². The van der Waals surface area contributed by atoms with Crippen molar-refractivity contribution in [3.8, 4) is 11.6 Å². The number of hydrogen-bond donors (Lipinski definition) is 0. The van der Waals surface area contributed by atoms with E-state index in [1.165, 1.54) is 0 Å². The van der Waals surface area contributed by atoms with Crippen LogP contribution in [0.4, 0.5) is 24.8 Å². The van der Waals surface area contributed by atoms with Gasteiger partial charge < -0.3 is 14.4 Å². The summed E-state index contributed by atoms with van der Waals surface area (Å²) >= 11 is 0. The summed E-state index contributed by atoms with van der Waals surface area (Å²) in [6.45, 7) is 3.81. The van der Waals surface area contributed by atoms with E-state index in [0.717, 1.165) is 11.8 Å². The van der Waals surface area contributed by atoms with E-state index >= 15 is 0 Å². The second-order valence-corrected chi connectivity index (χ2v) is 6.88. The molecule has 0 aliphatic carbocycles. The first kappa shape index (κ1) is 21.4. The van der Waals surface area contributed by atoms with Crippen LogP contribution in [-0.2, 0) is 12.8 Å². The standard InChI is InChI=1S/C22H22F3N3O2/c1-15(2)30-18-11-9-17(10-12-18)28(3)21-26-13-19(22(23,24)25)20(27-21)29-14-16-7-5-4-6-8-16/h4-13,15H,14H2,1-3H3. The SMILES string of the molecule is CC(C)Oc1ccc(N(C)c2ncc(C(F)(F)F)c(OCc3ccccc3)n2)cc1. The third-order valence-corrected chi connectivity index (χ3v) is 4.16. The fourth-order valence-corrected chi connectivity index (χ4v) is 2.69. The Morgan fingerprint density at radius 2 is 1.67 bits per heavy atom. The third kappa shape index (κ3) is 5.40. The minimum Gasteiger partial charge on any atom is -0.491 e. The molecule has 3 aromatic rings. The molecule has 0 atom stereocenters. The fraction of sp³-hybridized carbons (Fsp3) is 0.273. The number of alkyl halides is 3. The van der Waals surface area contributed by atoms with Gasteiger partial charge in [0.25, 0.3) is 0 Å². The Morgan fingerprint density at radius 3 is 2.27 bits per heavy atom. The van der Waals surface area contributed by atoms with Crippen LogP contribution >= 0.6 is 0 Å². The molecule has 0 unspecified atom stereocenters. The van der Waals surface area contributed by atoms with Crippen LogP contribution < -0.4 is 14.4 Å². The maximum atomic E-state index is 13.4. The highest BCUT2D eigenvalue weighted by atomic mass is 19.4. The lowest BCUT2D eigenvalue weighted by Gasteiger charge is -2.20. The van der Waals surface area contributed by atoms with Crippen molar-refractivity contribution in [2.75, 3.05) is 11.9 Å². The van der Waals surface area contributed by atoms with E-state index in [-0.39, 0.29) is 18.7 Å². The van der Waals surface area contributed by atoms with E-state index in [2.05, 4.69) is 9.97 Å². The highest BCUT2D eigenvalue weighted by molar-refractivity contribution is 5.58. The second kappa shape index (κ2) is 9.02. The van der Waals surface area contributed by atoms with Gasteiger partial charge in [-0.25, -0.2) is 4.98 Å². The average Bonchev–Trinajstić information content (AvgIpc) is 2.72. The third-order valence-electron chi connectivity index (χ3n) is 4.16. The smallest absolute Gasteiger partial charge is 0.423 e. The molecule has 0 bridgehead atoms. The molecule has 1 heterocycles. The van der Waals surface area contributed by atoms with Gasteiger partial charge in [-0.1, -0.05) is 30.3 Å². The first-order valence-electron chi connectivity index (χ1n) is 9.35. The summed E-state index contributed by atoms with van der Waals surface area (Å²) in [6.07, 6.45) is -3.84. The summed E-state index contributed by atoms with van der Waals surface area (Å²) in [5, 5.41) is 0. The minimum absolute atomic E-state index is 0.0364. The summed E-state index contributed by atoms with van der Waals surface area (Å²) < 4.78 is 51.2. The maximum absolute atomic E-state index is 13.4. The number of rotatable bonds is 7. The van der Waals surface area contributed by atoms with Gasteiger partial charge in [-0.2, -0.15) is 18.2 Å². The lowest BCUT2D eigenvalue weighted by Crippen LogP contribution is -2.17. The molecule has 0 amide bonds. The second-order valence-electron chi connectivity index (χ2n) is 6.88. The van der Waals surface area contributed by atoms with Crippen molar-refractivity contribution in [2.24, 2.45) is 0 Å². The molecule has 2 aromatic carbocycles. The van der Waals surface area contributed by atoms with E-state index < -0.39 is 17.6 Å². The largest absolute Gasteiger partial charge is 0.491 e. The van der Waals surface area contributed by atoms with Crippen molar-refractivity contribution < 1.29 is 22.6 Å². The average molecular weight is 417 g/mol. The molecule has 0 fully saturated rings. The predicted octanol–water partition coefficient (Wildman–Crippen LogP) is 5.63. The normalized spacial score (nSPS) is 11.4. The molecule has 0 aliphatic rings. The number of hydrogen-bond acceptors (Lipinski definition) is 5. The van der Waals surface area contributed by atoms with Crippen molar-refractivity contribution in [3.63, 3.8) is 0 Å².